The molecular weight excluding hydrogens is 330 g/mol. The number of carbonyl (C=O) groups excluding carboxylic acids is 1. The number of hydrogen-bond donors (Lipinski definition) is 0. The number of hydrogen-bond acceptors (Lipinski definition) is 5. The summed E-state index contributed by atoms with van der Waals surface area (Å²) in [5.74, 6) is 0.159. The van der Waals surface area contributed by atoms with Crippen LogP contribution in [0.15, 0.2) is 53.4 Å². The van der Waals surface area contributed by atoms with Gasteiger partial charge in [0.25, 0.3) is 0 Å². The fourth-order valence-corrected chi connectivity index (χ4v) is 2.94. The Bertz CT molecular complexity index is 813. The Morgan fingerprint density at radius 3 is 2.33 bits per heavy atom. The molecule has 128 valence electrons. The molecule has 0 heterocycles. The summed E-state index contributed by atoms with van der Waals surface area (Å²) in [5, 5.41) is 0. The van der Waals surface area contributed by atoms with E-state index in [2.05, 4.69) is 0 Å². The number of esters is 1. The molecule has 0 aliphatic carbocycles. The predicted octanol–water partition coefficient (Wildman–Crippen LogP) is 2.30. The molecule has 0 amide bonds. The summed E-state index contributed by atoms with van der Waals surface area (Å²) in [6.45, 7) is -0.0123. The van der Waals surface area contributed by atoms with Gasteiger partial charge in [0, 0.05) is 14.1 Å². The molecule has 0 saturated carbocycles. The number of rotatable bonds is 6. The fraction of sp³-hybridized carbons (Fsp3) is 0.235. The Kier molecular flexibility index (Phi) is 5.58. The van der Waals surface area contributed by atoms with Gasteiger partial charge in [-0.3, -0.25) is 0 Å². The van der Waals surface area contributed by atoms with Gasteiger partial charge in [-0.05, 0) is 42.0 Å². The third-order valence-corrected chi connectivity index (χ3v) is 5.18. The highest BCUT2D eigenvalue weighted by Gasteiger charge is 2.17. The zero-order valence-corrected chi connectivity index (χ0v) is 14.5. The number of carbonyl (C=O) groups is 1. The lowest BCUT2D eigenvalue weighted by Gasteiger charge is -2.12. The molecule has 2 aromatic carbocycles. The molecule has 0 aromatic heterocycles. The van der Waals surface area contributed by atoms with Crippen LogP contribution in [0.5, 0.6) is 5.75 Å². The van der Waals surface area contributed by atoms with E-state index in [0.717, 1.165) is 4.31 Å². The first kappa shape index (κ1) is 18.0. The predicted molar refractivity (Wildman–Crippen MR) is 89.4 cm³/mol. The highest BCUT2D eigenvalue weighted by atomic mass is 32.2. The monoisotopic (exact) mass is 349 g/mol. The largest absolute Gasteiger partial charge is 0.497 e. The molecule has 0 atom stereocenters. The standard InChI is InChI=1S/C17H19NO5S/c1-18(2)24(20,21)16-6-4-5-13(11-16)12-23-17(19)14-7-9-15(22-3)10-8-14/h4-11H,12H2,1-3H3. The Labute approximate surface area is 141 Å². The molecule has 0 unspecified atom stereocenters. The van der Waals surface area contributed by atoms with Gasteiger partial charge in [0.2, 0.25) is 10.0 Å². The van der Waals surface area contributed by atoms with E-state index in [9.17, 15) is 13.2 Å². The molecule has 0 radical (unpaired) electrons. The number of methoxy groups -OCH3 is 1. The lowest BCUT2D eigenvalue weighted by atomic mass is 10.2. The Morgan fingerprint density at radius 1 is 1.08 bits per heavy atom. The molecule has 0 saturated heterocycles. The maximum absolute atomic E-state index is 12.1. The lowest BCUT2D eigenvalue weighted by molar-refractivity contribution is 0.0472. The molecule has 2 rings (SSSR count). The minimum atomic E-state index is -3.52. The maximum Gasteiger partial charge on any atom is 0.338 e. The molecule has 0 spiro atoms. The first-order valence-corrected chi connectivity index (χ1v) is 8.61. The molecule has 2 aromatic rings. The van der Waals surface area contributed by atoms with Crippen LogP contribution in [-0.2, 0) is 21.4 Å². The summed E-state index contributed by atoms with van der Waals surface area (Å²) in [5.41, 5.74) is 0.993. The lowest BCUT2D eigenvalue weighted by Crippen LogP contribution is -2.22. The topological polar surface area (TPSA) is 72.9 Å². The van der Waals surface area contributed by atoms with Crippen molar-refractivity contribution < 1.29 is 22.7 Å². The van der Waals surface area contributed by atoms with Gasteiger partial charge in [0.05, 0.1) is 17.6 Å². The summed E-state index contributed by atoms with van der Waals surface area (Å²) >= 11 is 0. The Balaban J connectivity index is 2.07. The molecule has 7 heteroatoms. The molecule has 0 aliphatic heterocycles. The van der Waals surface area contributed by atoms with Crippen LogP contribution < -0.4 is 4.74 Å². The van der Waals surface area contributed by atoms with E-state index in [1.165, 1.54) is 26.2 Å². The molecule has 0 bridgehead atoms. The van der Waals surface area contributed by atoms with Crippen molar-refractivity contribution >= 4 is 16.0 Å². The van der Waals surface area contributed by atoms with Crippen molar-refractivity contribution in [2.24, 2.45) is 0 Å². The number of ether oxygens (including phenoxy) is 2. The van der Waals surface area contributed by atoms with E-state index in [-0.39, 0.29) is 11.5 Å². The van der Waals surface area contributed by atoms with Crippen molar-refractivity contribution in [3.05, 3.63) is 59.7 Å². The molecule has 6 nitrogen and oxygen atoms in total. The summed E-state index contributed by atoms with van der Waals surface area (Å²) in [4.78, 5) is 12.2. The average Bonchev–Trinajstić information content (AvgIpc) is 2.59. The molecule has 0 aliphatic rings. The van der Waals surface area contributed by atoms with Crippen molar-refractivity contribution in [2.45, 2.75) is 11.5 Å². The molecule has 0 fully saturated rings. The second-order valence-electron chi connectivity index (χ2n) is 5.24. The van der Waals surface area contributed by atoms with E-state index in [4.69, 9.17) is 9.47 Å². The third-order valence-electron chi connectivity index (χ3n) is 3.37. The van der Waals surface area contributed by atoms with Crippen molar-refractivity contribution in [3.63, 3.8) is 0 Å². The number of nitrogens with zero attached hydrogens (tertiary/aromatic N) is 1. The van der Waals surface area contributed by atoms with E-state index < -0.39 is 16.0 Å². The number of benzene rings is 2. The quantitative estimate of drug-likeness (QED) is 0.748. The van der Waals surface area contributed by atoms with E-state index >= 15 is 0 Å². The summed E-state index contributed by atoms with van der Waals surface area (Å²) in [6, 6.07) is 12.9. The number of sulfonamides is 1. The fourth-order valence-electron chi connectivity index (χ4n) is 1.97. The normalized spacial score (nSPS) is 11.3. The average molecular weight is 349 g/mol. The van der Waals surface area contributed by atoms with Crippen LogP contribution in [0.1, 0.15) is 15.9 Å². The third kappa shape index (κ3) is 4.12. The van der Waals surface area contributed by atoms with Crippen molar-refractivity contribution in [1.82, 2.24) is 4.31 Å². The molecule has 0 N–H and O–H groups in total. The van der Waals surface area contributed by atoms with Crippen LogP contribution >= 0.6 is 0 Å². The SMILES string of the molecule is COc1ccc(C(=O)OCc2cccc(S(=O)(=O)N(C)C)c2)cc1. The van der Waals surface area contributed by atoms with Crippen LogP contribution in [-0.4, -0.2) is 39.9 Å². The summed E-state index contributed by atoms with van der Waals surface area (Å²) in [6.07, 6.45) is 0. The van der Waals surface area contributed by atoms with Gasteiger partial charge in [-0.15, -0.1) is 0 Å². The van der Waals surface area contributed by atoms with Crippen LogP contribution in [0.3, 0.4) is 0 Å². The summed E-state index contributed by atoms with van der Waals surface area (Å²) in [7, 11) is 0.953. The van der Waals surface area contributed by atoms with Gasteiger partial charge in [-0.2, -0.15) is 0 Å². The van der Waals surface area contributed by atoms with E-state index in [0.29, 0.717) is 16.9 Å². The minimum Gasteiger partial charge on any atom is -0.497 e. The van der Waals surface area contributed by atoms with Crippen LogP contribution in [0, 0.1) is 0 Å². The van der Waals surface area contributed by atoms with Crippen LogP contribution in [0.25, 0.3) is 0 Å². The first-order valence-electron chi connectivity index (χ1n) is 7.17. The second kappa shape index (κ2) is 7.46. The smallest absolute Gasteiger partial charge is 0.338 e. The highest BCUT2D eigenvalue weighted by molar-refractivity contribution is 7.89. The zero-order chi connectivity index (χ0) is 17.7. The van der Waals surface area contributed by atoms with Crippen molar-refractivity contribution in [3.8, 4) is 5.75 Å². The first-order chi connectivity index (χ1) is 11.3. The van der Waals surface area contributed by atoms with Gasteiger partial charge in [0.1, 0.15) is 12.4 Å². The molecular formula is C17H19NO5S. The summed E-state index contributed by atoms with van der Waals surface area (Å²) < 4.78 is 35.6. The van der Waals surface area contributed by atoms with Gasteiger partial charge in [0.15, 0.2) is 0 Å². The van der Waals surface area contributed by atoms with Gasteiger partial charge in [-0.1, -0.05) is 12.1 Å². The van der Waals surface area contributed by atoms with Crippen molar-refractivity contribution in [2.75, 3.05) is 21.2 Å². The van der Waals surface area contributed by atoms with Gasteiger partial charge >= 0.3 is 5.97 Å². The Morgan fingerprint density at radius 2 is 1.75 bits per heavy atom. The highest BCUT2D eigenvalue weighted by Crippen LogP contribution is 2.17. The van der Waals surface area contributed by atoms with Crippen LogP contribution in [0.2, 0.25) is 0 Å². The van der Waals surface area contributed by atoms with Crippen LogP contribution in [0.4, 0.5) is 0 Å². The second-order valence-corrected chi connectivity index (χ2v) is 7.39. The maximum atomic E-state index is 12.1. The van der Waals surface area contributed by atoms with Gasteiger partial charge in [-0.25, -0.2) is 17.5 Å². The molecule has 24 heavy (non-hydrogen) atoms. The van der Waals surface area contributed by atoms with Crippen molar-refractivity contribution in [1.29, 1.82) is 0 Å². The van der Waals surface area contributed by atoms with Gasteiger partial charge < -0.3 is 9.47 Å². The Hall–Kier alpha value is -2.38. The zero-order valence-electron chi connectivity index (χ0n) is 13.7. The van der Waals surface area contributed by atoms with E-state index in [1.54, 1.807) is 43.5 Å². The minimum absolute atomic E-state index is 0.0123. The van der Waals surface area contributed by atoms with E-state index in [1.807, 2.05) is 0 Å².